The summed E-state index contributed by atoms with van der Waals surface area (Å²) in [6.45, 7) is 4.77. The first-order valence-electron chi connectivity index (χ1n) is 15.0. The van der Waals surface area contributed by atoms with Crippen molar-refractivity contribution in [2.75, 3.05) is 0 Å². The van der Waals surface area contributed by atoms with Gasteiger partial charge in [0.2, 0.25) is 11.6 Å². The van der Waals surface area contributed by atoms with Crippen molar-refractivity contribution in [3.8, 4) is 34.1 Å². The molecular formula is C36H30O11. The van der Waals surface area contributed by atoms with Gasteiger partial charge in [0.1, 0.15) is 41.3 Å². The van der Waals surface area contributed by atoms with Crippen LogP contribution in [0.3, 0.4) is 0 Å². The Labute approximate surface area is 267 Å². The summed E-state index contributed by atoms with van der Waals surface area (Å²) in [5.74, 6) is -5.20. The Balaban J connectivity index is 1.49. The van der Waals surface area contributed by atoms with Crippen LogP contribution in [0.2, 0.25) is 0 Å². The molecular weight excluding hydrogens is 608 g/mol. The second kappa shape index (κ2) is 10.5. The SMILES string of the molecule is Cc1cc(O)c2c(c1)C([C@H]1O[C@H](C)[C@@H](O)[C@H](O)[C@@H]1O)c1ccc(-c3c(C)cc(O)c4c3C(=O)c3cccc(O)c3C4=O)c(O)c1C2=O. The molecule has 6 atom stereocenters. The zero-order chi connectivity index (χ0) is 33.8. The van der Waals surface area contributed by atoms with E-state index in [2.05, 4.69) is 0 Å². The fourth-order valence-corrected chi connectivity index (χ4v) is 7.43. The lowest BCUT2D eigenvalue weighted by atomic mass is 9.70. The fourth-order valence-electron chi connectivity index (χ4n) is 7.43. The Morgan fingerprint density at radius 1 is 0.596 bits per heavy atom. The van der Waals surface area contributed by atoms with Gasteiger partial charge in [-0.05, 0) is 61.2 Å². The quantitative estimate of drug-likeness (QED) is 0.150. The molecule has 0 spiro atoms. The number of carbonyl (C=O) groups is 3. The minimum atomic E-state index is -1.63. The molecule has 240 valence electrons. The molecule has 1 saturated heterocycles. The molecule has 11 heteroatoms. The minimum absolute atomic E-state index is 0.0293. The number of ether oxygens (including phenoxy) is 1. The van der Waals surface area contributed by atoms with Gasteiger partial charge in [-0.3, -0.25) is 14.4 Å². The average Bonchev–Trinajstić information content (AvgIpc) is 3.01. The summed E-state index contributed by atoms with van der Waals surface area (Å²) in [5.41, 5.74) is -0.0114. The van der Waals surface area contributed by atoms with E-state index >= 15 is 0 Å². The number of aryl methyl sites for hydroxylation is 2. The topological polar surface area (TPSA) is 202 Å². The van der Waals surface area contributed by atoms with Crippen LogP contribution in [0.15, 0.2) is 48.5 Å². The first-order chi connectivity index (χ1) is 22.2. The van der Waals surface area contributed by atoms with Crippen LogP contribution in [0, 0.1) is 13.8 Å². The molecule has 1 unspecified atom stereocenters. The number of rotatable bonds is 2. The van der Waals surface area contributed by atoms with Crippen LogP contribution in [0.5, 0.6) is 23.0 Å². The third-order valence-electron chi connectivity index (χ3n) is 9.59. The lowest BCUT2D eigenvalue weighted by molar-refractivity contribution is -0.220. The summed E-state index contributed by atoms with van der Waals surface area (Å²) in [4.78, 5) is 41.7. The average molecular weight is 639 g/mol. The van der Waals surface area contributed by atoms with Gasteiger partial charge in [-0.15, -0.1) is 0 Å². The molecule has 0 saturated carbocycles. The number of hydrogen-bond donors (Lipinski definition) is 7. The van der Waals surface area contributed by atoms with Crippen molar-refractivity contribution in [3.63, 3.8) is 0 Å². The largest absolute Gasteiger partial charge is 0.507 e. The Hall–Kier alpha value is -5.07. The zero-order valence-electron chi connectivity index (χ0n) is 25.3. The van der Waals surface area contributed by atoms with E-state index in [0.717, 1.165) is 0 Å². The number of phenols is 4. The van der Waals surface area contributed by atoms with Gasteiger partial charge in [0.25, 0.3) is 0 Å². The number of aliphatic hydroxyl groups is 3. The minimum Gasteiger partial charge on any atom is -0.507 e. The van der Waals surface area contributed by atoms with E-state index in [4.69, 9.17) is 4.74 Å². The van der Waals surface area contributed by atoms with E-state index in [1.807, 2.05) is 0 Å². The number of aliphatic hydroxyl groups excluding tert-OH is 3. The van der Waals surface area contributed by atoms with Crippen LogP contribution in [0.25, 0.3) is 11.1 Å². The molecule has 1 aliphatic heterocycles. The van der Waals surface area contributed by atoms with Crippen molar-refractivity contribution in [2.24, 2.45) is 0 Å². The fraction of sp³-hybridized carbons (Fsp3) is 0.250. The summed E-state index contributed by atoms with van der Waals surface area (Å²) in [6, 6.07) is 11.2. The summed E-state index contributed by atoms with van der Waals surface area (Å²) in [6.07, 6.45) is -6.78. The number of phenolic OH excluding ortho intramolecular Hbond substituents is 4. The third kappa shape index (κ3) is 4.17. The maximum absolute atomic E-state index is 14.2. The maximum atomic E-state index is 14.2. The number of aromatic hydroxyl groups is 4. The first kappa shape index (κ1) is 30.6. The molecule has 11 nitrogen and oxygen atoms in total. The predicted octanol–water partition coefficient (Wildman–Crippen LogP) is 3.11. The highest BCUT2D eigenvalue weighted by Gasteiger charge is 2.50. The lowest BCUT2D eigenvalue weighted by Crippen LogP contribution is -2.58. The summed E-state index contributed by atoms with van der Waals surface area (Å²) >= 11 is 0. The molecule has 0 radical (unpaired) electrons. The van der Waals surface area contributed by atoms with E-state index in [1.165, 1.54) is 49.4 Å². The molecule has 4 aromatic carbocycles. The first-order valence-corrected chi connectivity index (χ1v) is 15.0. The zero-order valence-corrected chi connectivity index (χ0v) is 25.3. The van der Waals surface area contributed by atoms with Gasteiger partial charge in [0, 0.05) is 28.2 Å². The number of fused-ring (bicyclic) bond motifs is 4. The van der Waals surface area contributed by atoms with Crippen molar-refractivity contribution in [1.29, 1.82) is 0 Å². The Morgan fingerprint density at radius 3 is 2.00 bits per heavy atom. The molecule has 47 heavy (non-hydrogen) atoms. The molecule has 1 fully saturated rings. The summed E-state index contributed by atoms with van der Waals surface area (Å²) in [5, 5.41) is 76.4. The second-order valence-electron chi connectivity index (χ2n) is 12.5. The van der Waals surface area contributed by atoms with E-state index in [9.17, 15) is 50.1 Å². The number of hydrogen-bond acceptors (Lipinski definition) is 11. The van der Waals surface area contributed by atoms with Crippen LogP contribution in [-0.2, 0) is 4.74 Å². The Kier molecular flexibility index (Phi) is 6.81. The van der Waals surface area contributed by atoms with Crippen molar-refractivity contribution >= 4 is 17.3 Å². The molecule has 7 N–H and O–H groups in total. The van der Waals surface area contributed by atoms with Crippen LogP contribution >= 0.6 is 0 Å². The number of benzene rings is 4. The van der Waals surface area contributed by atoms with E-state index < -0.39 is 71.0 Å². The highest BCUT2D eigenvalue weighted by molar-refractivity contribution is 6.32. The van der Waals surface area contributed by atoms with Crippen molar-refractivity contribution in [2.45, 2.75) is 57.2 Å². The van der Waals surface area contributed by atoms with Gasteiger partial charge in [-0.2, -0.15) is 0 Å². The van der Waals surface area contributed by atoms with E-state index in [1.54, 1.807) is 19.9 Å². The molecule has 0 aromatic heterocycles. The lowest BCUT2D eigenvalue weighted by Gasteiger charge is -2.44. The standard InChI is InChI=1S/C36H30O11/c1-12-9-18-23(36-35(46)34(45)29(40)14(3)47-36)15-7-8-17(30(41)26(15)32(43)25(18)20(38)10-12)22-13(2)11-21(39)27-28(22)31(42)16-5-4-6-19(37)24(16)33(27)44/h4-11,14,23,29,34-41,45-46H,1-3H3/t14-,23?,29-,34+,35+,36-/m1/s1. The summed E-state index contributed by atoms with van der Waals surface area (Å²) in [7, 11) is 0. The van der Waals surface area contributed by atoms with Crippen molar-refractivity contribution < 1.29 is 54.9 Å². The van der Waals surface area contributed by atoms with Crippen LogP contribution in [0.1, 0.15) is 82.9 Å². The second-order valence-corrected chi connectivity index (χ2v) is 12.5. The third-order valence-corrected chi connectivity index (χ3v) is 9.59. The Morgan fingerprint density at radius 2 is 1.28 bits per heavy atom. The van der Waals surface area contributed by atoms with Gasteiger partial charge >= 0.3 is 0 Å². The maximum Gasteiger partial charge on any atom is 0.201 e. The van der Waals surface area contributed by atoms with Crippen molar-refractivity contribution in [1.82, 2.24) is 0 Å². The monoisotopic (exact) mass is 638 g/mol. The highest BCUT2D eigenvalue weighted by atomic mass is 16.5. The van der Waals surface area contributed by atoms with E-state index in [0.29, 0.717) is 5.56 Å². The molecule has 3 aliphatic rings. The van der Waals surface area contributed by atoms with Gasteiger partial charge in [-0.1, -0.05) is 30.3 Å². The number of carbonyl (C=O) groups excluding carboxylic acids is 3. The number of ketones is 3. The molecule has 7 rings (SSSR count). The molecule has 2 aliphatic carbocycles. The summed E-state index contributed by atoms with van der Waals surface area (Å²) < 4.78 is 6.01. The van der Waals surface area contributed by atoms with Gasteiger partial charge in [0.05, 0.1) is 34.5 Å². The van der Waals surface area contributed by atoms with Crippen molar-refractivity contribution in [3.05, 3.63) is 104 Å². The van der Waals surface area contributed by atoms with Gasteiger partial charge < -0.3 is 40.5 Å². The van der Waals surface area contributed by atoms with Crippen LogP contribution in [0.4, 0.5) is 0 Å². The predicted molar refractivity (Wildman–Crippen MR) is 165 cm³/mol. The van der Waals surface area contributed by atoms with Crippen LogP contribution < -0.4 is 0 Å². The Bertz CT molecular complexity index is 2080. The normalized spacial score (nSPS) is 24.8. The molecule has 1 heterocycles. The molecule has 4 aromatic rings. The molecule has 0 bridgehead atoms. The highest BCUT2D eigenvalue weighted by Crippen LogP contribution is 2.51. The van der Waals surface area contributed by atoms with Gasteiger partial charge in [0.15, 0.2) is 5.78 Å². The van der Waals surface area contributed by atoms with Crippen LogP contribution in [-0.4, -0.2) is 83.6 Å². The molecule has 0 amide bonds. The smallest absolute Gasteiger partial charge is 0.201 e. The van der Waals surface area contributed by atoms with Gasteiger partial charge in [-0.25, -0.2) is 0 Å². The van der Waals surface area contributed by atoms with E-state index in [-0.39, 0.29) is 66.9 Å².